The van der Waals surface area contributed by atoms with Crippen LogP contribution in [-0.4, -0.2) is 36.0 Å². The smallest absolute Gasteiger partial charge is 0.222 e. The number of likely N-dealkylation sites (tertiary alicyclic amines) is 1. The summed E-state index contributed by atoms with van der Waals surface area (Å²) < 4.78 is 12.9. The van der Waals surface area contributed by atoms with Gasteiger partial charge in [0.05, 0.1) is 0 Å². The molecule has 1 aromatic carbocycles. The molecule has 1 aromatic rings. The molecule has 114 valence electrons. The molecule has 2 fully saturated rings. The molecule has 0 bridgehead atoms. The van der Waals surface area contributed by atoms with Crippen LogP contribution in [0.4, 0.5) is 4.39 Å². The summed E-state index contributed by atoms with van der Waals surface area (Å²) in [5.41, 5.74) is 1.23. The van der Waals surface area contributed by atoms with Crippen LogP contribution < -0.4 is 5.32 Å². The minimum absolute atomic E-state index is 0.170. The Hall–Kier alpha value is -1.42. The van der Waals surface area contributed by atoms with Gasteiger partial charge in [0, 0.05) is 31.6 Å². The Labute approximate surface area is 125 Å². The molecule has 4 heteroatoms. The van der Waals surface area contributed by atoms with Crippen LogP contribution in [0.1, 0.15) is 44.1 Å². The van der Waals surface area contributed by atoms with Crippen molar-refractivity contribution < 1.29 is 9.18 Å². The highest BCUT2D eigenvalue weighted by Gasteiger charge is 2.31. The molecule has 3 rings (SSSR count). The normalized spacial score (nSPS) is 26.8. The molecule has 0 radical (unpaired) electrons. The third-order valence-electron chi connectivity index (χ3n) is 4.67. The van der Waals surface area contributed by atoms with Crippen molar-refractivity contribution in [2.24, 2.45) is 0 Å². The minimum Gasteiger partial charge on any atom is -0.341 e. The van der Waals surface area contributed by atoms with Crippen LogP contribution in [0.15, 0.2) is 24.3 Å². The molecule has 21 heavy (non-hydrogen) atoms. The van der Waals surface area contributed by atoms with Crippen molar-refractivity contribution in [1.29, 1.82) is 0 Å². The molecule has 1 unspecified atom stereocenters. The van der Waals surface area contributed by atoms with Gasteiger partial charge in [0.25, 0.3) is 0 Å². The summed E-state index contributed by atoms with van der Waals surface area (Å²) in [5, 5.41) is 3.61. The first kappa shape index (κ1) is 14.5. The Balaban J connectivity index is 1.42. The first-order chi connectivity index (χ1) is 10.1. The minimum atomic E-state index is -0.170. The molecule has 3 nitrogen and oxygen atoms in total. The second-order valence-electron chi connectivity index (χ2n) is 6.43. The van der Waals surface area contributed by atoms with Crippen LogP contribution >= 0.6 is 0 Å². The lowest BCUT2D eigenvalue weighted by atomic mass is 9.75. The summed E-state index contributed by atoms with van der Waals surface area (Å²) in [6.45, 7) is 3.88. The number of hydrogen-bond acceptors (Lipinski definition) is 2. The van der Waals surface area contributed by atoms with E-state index in [0.29, 0.717) is 30.3 Å². The van der Waals surface area contributed by atoms with E-state index in [1.807, 2.05) is 17.0 Å². The van der Waals surface area contributed by atoms with Crippen LogP contribution in [0.5, 0.6) is 0 Å². The van der Waals surface area contributed by atoms with Crippen molar-refractivity contribution in [1.82, 2.24) is 10.2 Å². The van der Waals surface area contributed by atoms with Crippen molar-refractivity contribution in [3.05, 3.63) is 35.6 Å². The predicted molar refractivity (Wildman–Crippen MR) is 80.6 cm³/mol. The third kappa shape index (κ3) is 3.43. The SMILES string of the molecule is CC(CN1CCCC1=O)NC1CC(c2ccc(F)cc2)C1. The van der Waals surface area contributed by atoms with Gasteiger partial charge in [-0.2, -0.15) is 0 Å². The maximum absolute atomic E-state index is 12.9. The molecule has 2 aliphatic rings. The number of amides is 1. The highest BCUT2D eigenvalue weighted by Crippen LogP contribution is 2.37. The fourth-order valence-electron chi connectivity index (χ4n) is 3.44. The summed E-state index contributed by atoms with van der Waals surface area (Å²) in [7, 11) is 0. The maximum Gasteiger partial charge on any atom is 0.222 e. The van der Waals surface area contributed by atoms with Gasteiger partial charge in [-0.05, 0) is 49.8 Å². The van der Waals surface area contributed by atoms with Gasteiger partial charge < -0.3 is 10.2 Å². The third-order valence-corrected chi connectivity index (χ3v) is 4.67. The molecule has 1 atom stereocenters. The van der Waals surface area contributed by atoms with E-state index in [2.05, 4.69) is 12.2 Å². The van der Waals surface area contributed by atoms with Crippen LogP contribution in [-0.2, 0) is 4.79 Å². The molecule has 0 spiro atoms. The van der Waals surface area contributed by atoms with E-state index in [1.54, 1.807) is 0 Å². The molecule has 1 heterocycles. The van der Waals surface area contributed by atoms with Gasteiger partial charge in [-0.25, -0.2) is 4.39 Å². The average Bonchev–Trinajstić information content (AvgIpc) is 2.80. The van der Waals surface area contributed by atoms with Crippen LogP contribution in [0.2, 0.25) is 0 Å². The van der Waals surface area contributed by atoms with E-state index >= 15 is 0 Å². The Morgan fingerprint density at radius 3 is 2.67 bits per heavy atom. The van der Waals surface area contributed by atoms with Gasteiger partial charge in [-0.15, -0.1) is 0 Å². The first-order valence-corrected chi connectivity index (χ1v) is 7.91. The number of carbonyl (C=O) groups excluding carboxylic acids is 1. The molecule has 0 aromatic heterocycles. The number of nitrogens with one attached hydrogen (secondary N) is 1. The van der Waals surface area contributed by atoms with Gasteiger partial charge in [0.15, 0.2) is 0 Å². The number of benzene rings is 1. The van der Waals surface area contributed by atoms with Gasteiger partial charge in [-0.3, -0.25) is 4.79 Å². The quantitative estimate of drug-likeness (QED) is 0.904. The summed E-state index contributed by atoms with van der Waals surface area (Å²) in [6.07, 6.45) is 3.91. The van der Waals surface area contributed by atoms with Crippen molar-refractivity contribution in [3.63, 3.8) is 0 Å². The fraction of sp³-hybridized carbons (Fsp3) is 0.588. The molecule has 1 saturated carbocycles. The van der Waals surface area contributed by atoms with Crippen LogP contribution in [0, 0.1) is 5.82 Å². The topological polar surface area (TPSA) is 32.3 Å². The number of rotatable bonds is 5. The summed E-state index contributed by atoms with van der Waals surface area (Å²) in [6, 6.07) is 7.72. The molecule has 1 amide bonds. The van der Waals surface area contributed by atoms with Gasteiger partial charge in [-0.1, -0.05) is 12.1 Å². The monoisotopic (exact) mass is 290 g/mol. The van der Waals surface area contributed by atoms with Crippen molar-refractivity contribution in [3.8, 4) is 0 Å². The van der Waals surface area contributed by atoms with Gasteiger partial charge >= 0.3 is 0 Å². The second-order valence-corrected chi connectivity index (χ2v) is 6.43. The first-order valence-electron chi connectivity index (χ1n) is 7.91. The lowest BCUT2D eigenvalue weighted by molar-refractivity contribution is -0.128. The summed E-state index contributed by atoms with van der Waals surface area (Å²) in [4.78, 5) is 13.6. The number of carbonyl (C=O) groups is 1. The van der Waals surface area contributed by atoms with E-state index in [9.17, 15) is 9.18 Å². The second kappa shape index (κ2) is 6.14. The van der Waals surface area contributed by atoms with E-state index in [0.717, 1.165) is 32.4 Å². The Bertz CT molecular complexity index is 496. The standard InChI is InChI=1S/C17H23FN2O/c1-12(11-20-8-2-3-17(20)21)19-16-9-14(10-16)13-4-6-15(18)7-5-13/h4-7,12,14,16,19H,2-3,8-11H2,1H3. The lowest BCUT2D eigenvalue weighted by Gasteiger charge is -2.38. The van der Waals surface area contributed by atoms with Crippen molar-refractivity contribution in [2.45, 2.75) is 50.6 Å². The van der Waals surface area contributed by atoms with E-state index in [4.69, 9.17) is 0 Å². The average molecular weight is 290 g/mol. The molecule has 1 aliphatic carbocycles. The van der Waals surface area contributed by atoms with Gasteiger partial charge in [0.1, 0.15) is 5.82 Å². The zero-order chi connectivity index (χ0) is 14.8. The Morgan fingerprint density at radius 2 is 2.05 bits per heavy atom. The highest BCUT2D eigenvalue weighted by molar-refractivity contribution is 5.78. The van der Waals surface area contributed by atoms with Crippen LogP contribution in [0.3, 0.4) is 0 Å². The zero-order valence-electron chi connectivity index (χ0n) is 12.5. The molecule has 1 saturated heterocycles. The highest BCUT2D eigenvalue weighted by atomic mass is 19.1. The zero-order valence-corrected chi connectivity index (χ0v) is 12.5. The molecule has 1 N–H and O–H groups in total. The number of hydrogen-bond donors (Lipinski definition) is 1. The van der Waals surface area contributed by atoms with Gasteiger partial charge in [0.2, 0.25) is 5.91 Å². The summed E-state index contributed by atoms with van der Waals surface area (Å²) >= 11 is 0. The van der Waals surface area contributed by atoms with E-state index in [1.165, 1.54) is 17.7 Å². The van der Waals surface area contributed by atoms with Crippen molar-refractivity contribution in [2.75, 3.05) is 13.1 Å². The fourth-order valence-corrected chi connectivity index (χ4v) is 3.44. The largest absolute Gasteiger partial charge is 0.341 e. The predicted octanol–water partition coefficient (Wildman–Crippen LogP) is 2.67. The Kier molecular flexibility index (Phi) is 4.24. The molecule has 1 aliphatic heterocycles. The van der Waals surface area contributed by atoms with Crippen LogP contribution in [0.25, 0.3) is 0 Å². The Morgan fingerprint density at radius 1 is 1.33 bits per heavy atom. The van der Waals surface area contributed by atoms with E-state index in [-0.39, 0.29) is 5.82 Å². The summed E-state index contributed by atoms with van der Waals surface area (Å²) in [5.74, 6) is 0.668. The molecular formula is C17H23FN2O. The van der Waals surface area contributed by atoms with E-state index < -0.39 is 0 Å². The number of halogens is 1. The lowest BCUT2D eigenvalue weighted by Crippen LogP contribution is -2.48. The molecular weight excluding hydrogens is 267 g/mol. The van der Waals surface area contributed by atoms with Crippen molar-refractivity contribution >= 4 is 5.91 Å². The maximum atomic E-state index is 12.9. The number of nitrogens with zero attached hydrogens (tertiary/aromatic N) is 1.